The lowest BCUT2D eigenvalue weighted by Gasteiger charge is -1.91. The minimum absolute atomic E-state index is 0.145. The van der Waals surface area contributed by atoms with Gasteiger partial charge in [0.15, 0.2) is 0 Å². The fraction of sp³-hybridized carbons (Fsp3) is 0. The topological polar surface area (TPSA) is 20.2 Å². The average Bonchev–Trinajstić information content (AvgIpc) is 2.08. The molecule has 0 aliphatic rings. The molecule has 1 aromatic carbocycles. The van der Waals surface area contributed by atoms with Crippen molar-refractivity contribution < 1.29 is 13.6 Å². The van der Waals surface area contributed by atoms with Crippen molar-refractivity contribution in [3.63, 3.8) is 0 Å². The van der Waals surface area contributed by atoms with E-state index in [0.29, 0.717) is 0 Å². The van der Waals surface area contributed by atoms with Crippen molar-refractivity contribution in [3.05, 3.63) is 28.4 Å². The fourth-order valence-corrected chi connectivity index (χ4v) is 0.760. The molecule has 0 saturated carbocycles. The van der Waals surface area contributed by atoms with E-state index < -0.39 is 29.7 Å². The van der Waals surface area contributed by atoms with Crippen LogP contribution in [0.15, 0.2) is 22.6 Å². The van der Waals surface area contributed by atoms with E-state index in [2.05, 4.69) is 15.9 Å². The summed E-state index contributed by atoms with van der Waals surface area (Å²) in [6.07, 6.45) is 0. The first-order chi connectivity index (χ1) is 5.46. The third kappa shape index (κ3) is 1.68. The van der Waals surface area contributed by atoms with Crippen LogP contribution in [0.3, 0.4) is 0 Å². The molecule has 0 aromatic heterocycles. The van der Waals surface area contributed by atoms with Crippen LogP contribution in [0.4, 0.5) is 4.39 Å². The molecule has 0 aliphatic carbocycles. The number of aromatic hydroxyl groups is 1. The Bertz CT molecular complexity index is 237. The molecule has 0 heterocycles. The molecule has 0 spiro atoms. The van der Waals surface area contributed by atoms with Crippen molar-refractivity contribution in [2.24, 2.45) is 0 Å². The summed E-state index contributed by atoms with van der Waals surface area (Å²) in [5.41, 5.74) is 0. The molecule has 1 rings (SSSR count). The van der Waals surface area contributed by atoms with Gasteiger partial charge in [-0.25, -0.2) is 4.39 Å². The Labute approximate surface area is 64.5 Å². The lowest BCUT2D eigenvalue weighted by Crippen LogP contribution is -1.71. The van der Waals surface area contributed by atoms with Gasteiger partial charge in [0, 0.05) is 10.5 Å². The first-order valence-electron chi connectivity index (χ1n) is 3.60. The van der Waals surface area contributed by atoms with Gasteiger partial charge in [0.2, 0.25) is 0 Å². The van der Waals surface area contributed by atoms with Crippen molar-refractivity contribution in [2.75, 3.05) is 0 Å². The highest BCUT2D eigenvalue weighted by atomic mass is 79.9. The number of hydrogen-bond donors (Lipinski definition) is 1. The monoisotopic (exact) mass is 193 g/mol. The largest absolute Gasteiger partial charge is 0.508 e. The van der Waals surface area contributed by atoms with Crippen molar-refractivity contribution in [3.8, 4) is 5.75 Å². The average molecular weight is 194 g/mol. The normalized spacial score (nSPS) is 14.2. The second-order valence-corrected chi connectivity index (χ2v) is 2.14. The number of phenols is 1. The lowest BCUT2D eigenvalue weighted by atomic mass is 10.3. The Morgan fingerprint density at radius 3 is 2.89 bits per heavy atom. The maximum absolute atomic E-state index is 12.8. The number of rotatable bonds is 0. The molecule has 0 bridgehead atoms. The Hall–Kier alpha value is -0.570. The standard InChI is InChI=1S/C6H4BrFO/c7-4-1-5(8)3-6(9)2-4/h1-3,9H/i1D,2D,3D. The van der Waals surface area contributed by atoms with Gasteiger partial charge in [-0.2, -0.15) is 0 Å². The zero-order chi connectivity index (χ0) is 9.46. The maximum Gasteiger partial charge on any atom is 0.128 e. The second kappa shape index (κ2) is 2.35. The summed E-state index contributed by atoms with van der Waals surface area (Å²) < 4.78 is 33.7. The Morgan fingerprint density at radius 1 is 1.56 bits per heavy atom. The molecule has 0 atom stereocenters. The van der Waals surface area contributed by atoms with Crippen LogP contribution in [0.5, 0.6) is 5.75 Å². The van der Waals surface area contributed by atoms with Gasteiger partial charge in [-0.05, 0) is 12.1 Å². The predicted molar refractivity (Wildman–Crippen MR) is 35.8 cm³/mol. The molecular weight excluding hydrogens is 187 g/mol. The minimum atomic E-state index is -1.13. The maximum atomic E-state index is 12.8. The van der Waals surface area contributed by atoms with Gasteiger partial charge in [-0.15, -0.1) is 0 Å². The first-order valence-corrected chi connectivity index (χ1v) is 2.89. The van der Waals surface area contributed by atoms with E-state index in [1.807, 2.05) is 0 Å². The van der Waals surface area contributed by atoms with Crippen molar-refractivity contribution in [2.45, 2.75) is 0 Å². The molecule has 0 fully saturated rings. The van der Waals surface area contributed by atoms with E-state index >= 15 is 0 Å². The van der Waals surface area contributed by atoms with E-state index in [0.717, 1.165) is 0 Å². The molecule has 0 unspecified atom stereocenters. The number of halogens is 2. The molecule has 0 aliphatic heterocycles. The van der Waals surface area contributed by atoms with Gasteiger partial charge in [0.25, 0.3) is 0 Å². The Morgan fingerprint density at radius 2 is 2.22 bits per heavy atom. The summed E-state index contributed by atoms with van der Waals surface area (Å²) in [6.45, 7) is 0. The third-order valence-corrected chi connectivity index (χ3v) is 1.07. The number of phenolic OH excluding ortho intramolecular Hbond substituents is 1. The highest BCUT2D eigenvalue weighted by Crippen LogP contribution is 2.18. The van der Waals surface area contributed by atoms with Crippen LogP contribution in [0.1, 0.15) is 4.11 Å². The van der Waals surface area contributed by atoms with Crippen LogP contribution < -0.4 is 0 Å². The van der Waals surface area contributed by atoms with Crippen LogP contribution in [-0.2, 0) is 0 Å². The molecule has 9 heavy (non-hydrogen) atoms. The third-order valence-electron chi connectivity index (χ3n) is 0.676. The molecule has 1 N–H and O–H groups in total. The second-order valence-electron chi connectivity index (χ2n) is 1.35. The zero-order valence-electron chi connectivity index (χ0n) is 7.20. The molecular formula is C6H4BrFO. The highest BCUT2D eigenvalue weighted by Gasteiger charge is 1.94. The summed E-state index contributed by atoms with van der Waals surface area (Å²) in [5, 5.41) is 8.96. The van der Waals surface area contributed by atoms with Crippen molar-refractivity contribution in [1.29, 1.82) is 0 Å². The van der Waals surface area contributed by atoms with Gasteiger partial charge in [-0.3, -0.25) is 0 Å². The van der Waals surface area contributed by atoms with E-state index in [1.165, 1.54) is 0 Å². The van der Waals surface area contributed by atoms with Gasteiger partial charge in [0.05, 0.1) is 4.11 Å². The van der Waals surface area contributed by atoms with Gasteiger partial charge >= 0.3 is 0 Å². The van der Waals surface area contributed by atoms with Crippen LogP contribution in [0.25, 0.3) is 0 Å². The summed E-state index contributed by atoms with van der Waals surface area (Å²) in [6, 6.07) is -1.83. The van der Waals surface area contributed by atoms with Crippen molar-refractivity contribution in [1.82, 2.24) is 0 Å². The van der Waals surface area contributed by atoms with Gasteiger partial charge in [0.1, 0.15) is 11.6 Å². The lowest BCUT2D eigenvalue weighted by molar-refractivity contribution is 0.468. The van der Waals surface area contributed by atoms with E-state index in [-0.39, 0.29) is 4.47 Å². The molecule has 0 radical (unpaired) electrons. The molecule has 1 aromatic rings. The summed E-state index contributed by atoms with van der Waals surface area (Å²) >= 11 is 2.76. The van der Waals surface area contributed by atoms with Gasteiger partial charge in [-0.1, -0.05) is 15.9 Å². The van der Waals surface area contributed by atoms with E-state index in [4.69, 9.17) is 9.22 Å². The number of hydrogen-bond acceptors (Lipinski definition) is 1. The minimum Gasteiger partial charge on any atom is -0.508 e. The summed E-state index contributed by atoms with van der Waals surface area (Å²) in [5.74, 6) is -1.88. The molecule has 3 heteroatoms. The van der Waals surface area contributed by atoms with Crippen LogP contribution in [0, 0.1) is 5.82 Å². The zero-order valence-corrected chi connectivity index (χ0v) is 5.79. The van der Waals surface area contributed by atoms with Crippen LogP contribution in [-0.4, -0.2) is 5.11 Å². The predicted octanol–water partition coefficient (Wildman–Crippen LogP) is 2.29. The van der Waals surface area contributed by atoms with Crippen LogP contribution in [0.2, 0.25) is 0 Å². The molecule has 0 amide bonds. The molecule has 1 nitrogen and oxygen atoms in total. The Kier molecular flexibility index (Phi) is 0.931. The molecule has 0 saturated heterocycles. The quantitative estimate of drug-likeness (QED) is 0.671. The first kappa shape index (κ1) is 3.56. The van der Waals surface area contributed by atoms with E-state index in [9.17, 15) is 4.39 Å². The van der Waals surface area contributed by atoms with Gasteiger partial charge < -0.3 is 5.11 Å². The summed E-state index contributed by atoms with van der Waals surface area (Å²) in [4.78, 5) is 0. The molecule has 48 valence electrons. The fourth-order valence-electron chi connectivity index (χ4n) is 0.398. The Balaban J connectivity index is 3.60. The van der Waals surface area contributed by atoms with E-state index in [1.54, 1.807) is 0 Å². The summed E-state index contributed by atoms with van der Waals surface area (Å²) in [7, 11) is 0. The highest BCUT2D eigenvalue weighted by molar-refractivity contribution is 9.10. The smallest absolute Gasteiger partial charge is 0.128 e. The van der Waals surface area contributed by atoms with Crippen molar-refractivity contribution >= 4 is 15.9 Å². The number of benzene rings is 1. The SMILES string of the molecule is [2H]c1c(O)c([2H])c(Br)c([2H])c1F. The van der Waals surface area contributed by atoms with Crippen LogP contribution >= 0.6 is 15.9 Å².